The minimum atomic E-state index is -0.341. The summed E-state index contributed by atoms with van der Waals surface area (Å²) in [4.78, 5) is 0. The summed E-state index contributed by atoms with van der Waals surface area (Å²) in [6.45, 7) is 2.15. The minimum Gasteiger partial charge on any atom is -0.392 e. The van der Waals surface area contributed by atoms with E-state index in [1.165, 1.54) is 25.0 Å². The molecule has 0 aromatic heterocycles. The molecule has 1 aromatic carbocycles. The van der Waals surface area contributed by atoms with Crippen LogP contribution in [0.2, 0.25) is 0 Å². The Balaban J connectivity index is 2.10. The first-order chi connectivity index (χ1) is 8.01. The molecule has 0 bridgehead atoms. The largest absolute Gasteiger partial charge is 0.392 e. The molecule has 1 N–H and O–H groups in total. The molecule has 2 rings (SSSR count). The van der Waals surface area contributed by atoms with Crippen molar-refractivity contribution in [1.29, 1.82) is 0 Å². The van der Waals surface area contributed by atoms with Gasteiger partial charge in [-0.15, -0.1) is 0 Å². The van der Waals surface area contributed by atoms with Gasteiger partial charge in [-0.05, 0) is 42.4 Å². The first kappa shape index (κ1) is 13.0. The minimum absolute atomic E-state index is 0.0355. The van der Waals surface area contributed by atoms with Gasteiger partial charge in [-0.25, -0.2) is 4.39 Å². The van der Waals surface area contributed by atoms with Gasteiger partial charge in [0.2, 0.25) is 0 Å². The lowest BCUT2D eigenvalue weighted by molar-refractivity contribution is 0.0422. The summed E-state index contributed by atoms with van der Waals surface area (Å²) in [6, 6.07) is 4.66. The van der Waals surface area contributed by atoms with Crippen molar-refractivity contribution in [3.8, 4) is 0 Å². The maximum absolute atomic E-state index is 13.0. The Morgan fingerprint density at radius 1 is 1.41 bits per heavy atom. The zero-order chi connectivity index (χ0) is 12.5. The Kier molecular flexibility index (Phi) is 3.88. The van der Waals surface area contributed by atoms with E-state index < -0.39 is 0 Å². The van der Waals surface area contributed by atoms with Gasteiger partial charge in [0.15, 0.2) is 0 Å². The highest BCUT2D eigenvalue weighted by atomic mass is 79.9. The molecule has 1 atom stereocenters. The molecule has 0 heterocycles. The number of rotatable bonds is 3. The highest BCUT2D eigenvalue weighted by Crippen LogP contribution is 2.41. The third kappa shape index (κ3) is 2.89. The molecule has 1 fully saturated rings. The van der Waals surface area contributed by atoms with E-state index in [-0.39, 0.29) is 17.3 Å². The lowest BCUT2D eigenvalue weighted by Crippen LogP contribution is -2.31. The molecule has 17 heavy (non-hydrogen) atoms. The van der Waals surface area contributed by atoms with E-state index in [9.17, 15) is 9.50 Å². The van der Waals surface area contributed by atoms with Gasteiger partial charge in [0, 0.05) is 4.47 Å². The average Bonchev–Trinajstić information content (AvgIpc) is 2.71. The van der Waals surface area contributed by atoms with Crippen LogP contribution in [0.3, 0.4) is 0 Å². The maximum atomic E-state index is 13.0. The van der Waals surface area contributed by atoms with Crippen molar-refractivity contribution < 1.29 is 9.50 Å². The van der Waals surface area contributed by atoms with Gasteiger partial charge >= 0.3 is 0 Å². The van der Waals surface area contributed by atoms with Gasteiger partial charge in [0.05, 0.1) is 6.10 Å². The molecule has 1 nitrogen and oxygen atoms in total. The zero-order valence-corrected chi connectivity index (χ0v) is 11.6. The van der Waals surface area contributed by atoms with Crippen molar-refractivity contribution in [3.05, 3.63) is 34.1 Å². The summed E-state index contributed by atoms with van der Waals surface area (Å²) in [7, 11) is 0. The van der Waals surface area contributed by atoms with Crippen LogP contribution in [0.4, 0.5) is 4.39 Å². The van der Waals surface area contributed by atoms with E-state index in [4.69, 9.17) is 0 Å². The van der Waals surface area contributed by atoms with Crippen LogP contribution in [0.5, 0.6) is 0 Å². The maximum Gasteiger partial charge on any atom is 0.124 e. The fourth-order valence-electron chi connectivity index (χ4n) is 2.66. The molecule has 1 aliphatic carbocycles. The van der Waals surface area contributed by atoms with E-state index in [1.807, 2.05) is 0 Å². The van der Waals surface area contributed by atoms with Gasteiger partial charge in [0.25, 0.3) is 0 Å². The van der Waals surface area contributed by atoms with Crippen LogP contribution in [0.25, 0.3) is 0 Å². The number of aliphatic hydroxyl groups excluding tert-OH is 1. The van der Waals surface area contributed by atoms with E-state index in [0.29, 0.717) is 6.42 Å². The molecule has 94 valence electrons. The predicted octanol–water partition coefficient (Wildman–Crippen LogP) is 4.07. The Hall–Kier alpha value is -0.410. The summed E-state index contributed by atoms with van der Waals surface area (Å²) < 4.78 is 13.7. The summed E-state index contributed by atoms with van der Waals surface area (Å²) in [5.41, 5.74) is 1.01. The zero-order valence-electron chi connectivity index (χ0n) is 10.0. The molecule has 1 unspecified atom stereocenters. The molecule has 0 saturated heterocycles. The van der Waals surface area contributed by atoms with Crippen molar-refractivity contribution in [3.63, 3.8) is 0 Å². The third-order valence-corrected chi connectivity index (χ3v) is 4.72. The Labute approximate surface area is 110 Å². The van der Waals surface area contributed by atoms with Crippen LogP contribution in [0.15, 0.2) is 22.7 Å². The topological polar surface area (TPSA) is 20.2 Å². The molecular weight excluding hydrogens is 283 g/mol. The lowest BCUT2D eigenvalue weighted by Gasteiger charge is -2.30. The monoisotopic (exact) mass is 300 g/mol. The second-order valence-electron chi connectivity index (χ2n) is 5.32. The van der Waals surface area contributed by atoms with Crippen LogP contribution in [0.1, 0.15) is 38.2 Å². The normalized spacial score (nSPS) is 20.5. The molecule has 1 saturated carbocycles. The molecule has 3 heteroatoms. The Morgan fingerprint density at radius 3 is 2.65 bits per heavy atom. The molecule has 0 spiro atoms. The Morgan fingerprint density at radius 2 is 2.06 bits per heavy atom. The molecular formula is C14H18BrFO. The van der Waals surface area contributed by atoms with Crippen LogP contribution in [0, 0.1) is 11.2 Å². The van der Waals surface area contributed by atoms with Crippen LogP contribution < -0.4 is 0 Å². The first-order valence-corrected chi connectivity index (χ1v) is 6.92. The number of halogens is 2. The molecule has 0 amide bonds. The van der Waals surface area contributed by atoms with Gasteiger partial charge in [-0.3, -0.25) is 0 Å². The molecule has 1 aliphatic rings. The van der Waals surface area contributed by atoms with Crippen molar-refractivity contribution in [2.45, 2.75) is 45.1 Å². The highest BCUT2D eigenvalue weighted by Gasteiger charge is 2.35. The molecule has 0 aliphatic heterocycles. The summed E-state index contributed by atoms with van der Waals surface area (Å²) >= 11 is 3.35. The Bertz CT molecular complexity index is 399. The second-order valence-corrected chi connectivity index (χ2v) is 6.17. The van der Waals surface area contributed by atoms with E-state index in [2.05, 4.69) is 22.9 Å². The molecule has 1 aromatic rings. The SMILES string of the molecule is CC1(C(O)Cc2ccc(F)cc2Br)CCCC1. The van der Waals surface area contributed by atoms with Crippen molar-refractivity contribution >= 4 is 15.9 Å². The van der Waals surface area contributed by atoms with Crippen molar-refractivity contribution in [2.75, 3.05) is 0 Å². The fourth-order valence-corrected chi connectivity index (χ4v) is 3.17. The standard InChI is InChI=1S/C14H18BrFO/c1-14(6-2-3-7-14)13(17)8-10-4-5-11(16)9-12(10)15/h4-5,9,13,17H,2-3,6-8H2,1H3. The second kappa shape index (κ2) is 5.07. The van der Waals surface area contributed by atoms with Gasteiger partial charge in [-0.2, -0.15) is 0 Å². The van der Waals surface area contributed by atoms with Crippen LogP contribution >= 0.6 is 15.9 Å². The number of hydrogen-bond donors (Lipinski definition) is 1. The lowest BCUT2D eigenvalue weighted by atomic mass is 9.80. The predicted molar refractivity (Wildman–Crippen MR) is 70.4 cm³/mol. The molecule has 0 radical (unpaired) electrons. The first-order valence-electron chi connectivity index (χ1n) is 6.13. The quantitative estimate of drug-likeness (QED) is 0.892. The number of aliphatic hydroxyl groups is 1. The summed E-state index contributed by atoms with van der Waals surface area (Å²) in [6.07, 6.45) is 4.85. The van der Waals surface area contributed by atoms with Gasteiger partial charge in [0.1, 0.15) is 5.82 Å². The van der Waals surface area contributed by atoms with Crippen LogP contribution in [-0.2, 0) is 6.42 Å². The van der Waals surface area contributed by atoms with E-state index in [0.717, 1.165) is 22.9 Å². The number of benzene rings is 1. The summed E-state index contributed by atoms with van der Waals surface area (Å²) in [5, 5.41) is 10.3. The third-order valence-electron chi connectivity index (χ3n) is 3.98. The average molecular weight is 301 g/mol. The fraction of sp³-hybridized carbons (Fsp3) is 0.571. The van der Waals surface area contributed by atoms with E-state index >= 15 is 0 Å². The smallest absolute Gasteiger partial charge is 0.124 e. The van der Waals surface area contributed by atoms with Crippen molar-refractivity contribution in [2.24, 2.45) is 5.41 Å². The van der Waals surface area contributed by atoms with Gasteiger partial charge < -0.3 is 5.11 Å². The summed E-state index contributed by atoms with van der Waals surface area (Å²) in [5.74, 6) is -0.248. The van der Waals surface area contributed by atoms with E-state index in [1.54, 1.807) is 6.07 Å². The highest BCUT2D eigenvalue weighted by molar-refractivity contribution is 9.10. The van der Waals surface area contributed by atoms with Crippen molar-refractivity contribution in [1.82, 2.24) is 0 Å². The van der Waals surface area contributed by atoms with Crippen LogP contribution in [-0.4, -0.2) is 11.2 Å². The number of hydrogen-bond acceptors (Lipinski definition) is 1. The van der Waals surface area contributed by atoms with Gasteiger partial charge in [-0.1, -0.05) is 41.8 Å².